The van der Waals surface area contributed by atoms with Crippen LogP contribution in [0.1, 0.15) is 45.7 Å². The summed E-state index contributed by atoms with van der Waals surface area (Å²) in [5, 5.41) is 7.79. The van der Waals surface area contributed by atoms with Gasteiger partial charge in [0.25, 0.3) is 0 Å². The number of ether oxygens (including phenoxy) is 2. The molecule has 3 rings (SSSR count). The maximum atomic E-state index is 14.5. The summed E-state index contributed by atoms with van der Waals surface area (Å²) < 4.78 is 27.7. The Morgan fingerprint density at radius 2 is 2.30 bits per heavy atom. The van der Waals surface area contributed by atoms with Crippen molar-refractivity contribution in [3.8, 4) is 0 Å². The fourth-order valence-corrected chi connectivity index (χ4v) is 3.58. The summed E-state index contributed by atoms with van der Waals surface area (Å²) in [6, 6.07) is 1.72. The van der Waals surface area contributed by atoms with Crippen LogP contribution in [0.3, 0.4) is 0 Å². The molecular weight excluding hydrogens is 419 g/mol. The first-order chi connectivity index (χ1) is 12.7. The van der Waals surface area contributed by atoms with Gasteiger partial charge in [0.2, 0.25) is 5.95 Å². The van der Waals surface area contributed by atoms with Gasteiger partial charge in [0, 0.05) is 23.9 Å². The van der Waals surface area contributed by atoms with Crippen LogP contribution in [0, 0.1) is 0 Å². The largest absolute Gasteiger partial charge is 0.458 e. The number of rotatable bonds is 5. The number of hydrogen-bond acceptors (Lipinski definition) is 6. The lowest BCUT2D eigenvalue weighted by Gasteiger charge is -2.31. The molecule has 1 fully saturated rings. The van der Waals surface area contributed by atoms with Crippen LogP contribution in [0.25, 0.3) is 5.52 Å². The lowest BCUT2D eigenvalue weighted by Crippen LogP contribution is -2.44. The number of halogens is 2. The van der Waals surface area contributed by atoms with Crippen LogP contribution in [-0.4, -0.2) is 51.6 Å². The summed E-state index contributed by atoms with van der Waals surface area (Å²) in [4.78, 5) is 15.7. The number of fused-ring (bicyclic) bond motifs is 1. The van der Waals surface area contributed by atoms with E-state index in [-0.39, 0.29) is 17.9 Å². The molecule has 0 spiro atoms. The number of nitrogens with zero attached hydrogens (tertiary/aromatic N) is 3. The zero-order chi connectivity index (χ0) is 19.8. The molecular formula is C18H24BrFN4O3. The molecule has 27 heavy (non-hydrogen) atoms. The van der Waals surface area contributed by atoms with Gasteiger partial charge in [0.15, 0.2) is 0 Å². The Morgan fingerprint density at radius 3 is 2.96 bits per heavy atom. The van der Waals surface area contributed by atoms with Crippen LogP contribution >= 0.6 is 15.9 Å². The first-order valence-electron chi connectivity index (χ1n) is 8.91. The molecule has 1 saturated heterocycles. The van der Waals surface area contributed by atoms with Crippen molar-refractivity contribution in [3.63, 3.8) is 0 Å². The number of aromatic nitrogens is 3. The average molecular weight is 443 g/mol. The molecule has 0 aromatic carbocycles. The predicted octanol–water partition coefficient (Wildman–Crippen LogP) is 3.48. The van der Waals surface area contributed by atoms with Crippen LogP contribution in [0.5, 0.6) is 0 Å². The van der Waals surface area contributed by atoms with Crippen molar-refractivity contribution in [1.29, 1.82) is 0 Å². The molecule has 9 heteroatoms. The maximum absolute atomic E-state index is 14.5. The Morgan fingerprint density at radius 1 is 1.56 bits per heavy atom. The Bertz CT molecular complexity index is 836. The Hall–Kier alpha value is -1.74. The van der Waals surface area contributed by atoms with Gasteiger partial charge in [-0.1, -0.05) is 6.92 Å². The summed E-state index contributed by atoms with van der Waals surface area (Å²) >= 11 is 3.49. The minimum atomic E-state index is -1.40. The number of nitrogens with one attached hydrogen (secondary N) is 1. The number of alkyl halides is 1. The second kappa shape index (κ2) is 7.71. The minimum absolute atomic E-state index is 0.155. The van der Waals surface area contributed by atoms with Gasteiger partial charge >= 0.3 is 5.97 Å². The summed E-state index contributed by atoms with van der Waals surface area (Å²) in [5.74, 6) is -0.333. The summed E-state index contributed by atoms with van der Waals surface area (Å²) in [5.41, 5.74) is 0.112. The van der Waals surface area contributed by atoms with E-state index in [2.05, 4.69) is 31.3 Å². The van der Waals surface area contributed by atoms with Crippen molar-refractivity contribution in [2.75, 3.05) is 18.5 Å². The molecule has 1 aliphatic heterocycles. The second-order valence-electron chi connectivity index (χ2n) is 7.34. The standard InChI is InChI=1S/C18H24BrFN4O3/c1-10(18(3,4)20)14-7-12(19)15-8-21-17(23-24(14)15)22-13-5-6-26-9-16(13)27-11(2)25/h7-8,10,13,16H,5-6,9H2,1-4H3,(H,22,23)/t10?,13-,16-/m1/s1. The highest BCUT2D eigenvalue weighted by Crippen LogP contribution is 2.34. The fraction of sp³-hybridized carbons (Fsp3) is 0.611. The highest BCUT2D eigenvalue weighted by atomic mass is 79.9. The highest BCUT2D eigenvalue weighted by molar-refractivity contribution is 9.10. The van der Waals surface area contributed by atoms with Gasteiger partial charge in [-0.3, -0.25) is 4.79 Å². The van der Waals surface area contributed by atoms with Crippen LogP contribution in [0.4, 0.5) is 10.3 Å². The minimum Gasteiger partial charge on any atom is -0.458 e. The number of hydrogen-bond donors (Lipinski definition) is 1. The molecule has 0 radical (unpaired) electrons. The highest BCUT2D eigenvalue weighted by Gasteiger charge is 2.31. The SMILES string of the molecule is CC(=O)O[C@@H]1COCC[C@H]1Nc1ncc2c(Br)cc(C(C)C(C)(C)F)n2n1. The summed E-state index contributed by atoms with van der Waals surface area (Å²) in [7, 11) is 0. The Labute approximate surface area is 165 Å². The van der Waals surface area contributed by atoms with E-state index in [1.54, 1.807) is 24.6 Å². The van der Waals surface area contributed by atoms with E-state index in [0.717, 1.165) is 15.7 Å². The molecule has 148 valence electrons. The monoisotopic (exact) mass is 442 g/mol. The van der Waals surface area contributed by atoms with E-state index < -0.39 is 11.8 Å². The lowest BCUT2D eigenvalue weighted by atomic mass is 9.92. The maximum Gasteiger partial charge on any atom is 0.303 e. The van der Waals surface area contributed by atoms with Gasteiger partial charge in [-0.15, -0.1) is 5.10 Å². The van der Waals surface area contributed by atoms with Crippen molar-refractivity contribution in [2.45, 2.75) is 57.8 Å². The Balaban J connectivity index is 1.90. The molecule has 0 saturated carbocycles. The molecule has 7 nitrogen and oxygen atoms in total. The summed E-state index contributed by atoms with van der Waals surface area (Å²) in [6.07, 6.45) is 1.94. The molecule has 2 aromatic heterocycles. The first-order valence-corrected chi connectivity index (χ1v) is 9.70. The molecule has 0 amide bonds. The van der Waals surface area contributed by atoms with Crippen molar-refractivity contribution < 1.29 is 18.7 Å². The fourth-order valence-electron chi connectivity index (χ4n) is 3.07. The third-order valence-corrected chi connectivity index (χ3v) is 5.54. The van der Waals surface area contributed by atoms with E-state index in [0.29, 0.717) is 25.6 Å². The Kier molecular flexibility index (Phi) is 5.71. The van der Waals surface area contributed by atoms with Gasteiger partial charge < -0.3 is 14.8 Å². The van der Waals surface area contributed by atoms with E-state index in [9.17, 15) is 9.18 Å². The van der Waals surface area contributed by atoms with Gasteiger partial charge in [0.1, 0.15) is 11.8 Å². The van der Waals surface area contributed by atoms with Crippen molar-refractivity contribution in [2.24, 2.45) is 0 Å². The summed E-state index contributed by atoms with van der Waals surface area (Å²) in [6.45, 7) is 7.20. The van der Waals surface area contributed by atoms with Gasteiger partial charge in [-0.25, -0.2) is 13.9 Å². The normalized spacial score (nSPS) is 21.9. The average Bonchev–Trinajstić information content (AvgIpc) is 2.91. The van der Waals surface area contributed by atoms with Crippen molar-refractivity contribution in [3.05, 3.63) is 22.4 Å². The van der Waals surface area contributed by atoms with E-state index in [4.69, 9.17) is 9.47 Å². The lowest BCUT2D eigenvalue weighted by molar-refractivity contribution is -0.153. The van der Waals surface area contributed by atoms with E-state index >= 15 is 0 Å². The molecule has 1 N–H and O–H groups in total. The van der Waals surface area contributed by atoms with Gasteiger partial charge in [0.05, 0.1) is 30.1 Å². The third-order valence-electron chi connectivity index (χ3n) is 4.91. The van der Waals surface area contributed by atoms with Gasteiger partial charge in [-0.2, -0.15) is 0 Å². The molecule has 1 unspecified atom stereocenters. The van der Waals surface area contributed by atoms with Crippen LogP contribution < -0.4 is 5.32 Å². The topological polar surface area (TPSA) is 77.8 Å². The zero-order valence-corrected chi connectivity index (χ0v) is 17.4. The van der Waals surface area contributed by atoms with Gasteiger partial charge in [-0.05, 0) is 42.3 Å². The molecule has 0 bridgehead atoms. The van der Waals surface area contributed by atoms with Crippen LogP contribution in [0.2, 0.25) is 0 Å². The smallest absolute Gasteiger partial charge is 0.303 e. The third kappa shape index (κ3) is 4.40. The molecule has 3 heterocycles. The van der Waals surface area contributed by atoms with Crippen molar-refractivity contribution >= 4 is 33.4 Å². The predicted molar refractivity (Wildman–Crippen MR) is 103 cm³/mol. The quantitative estimate of drug-likeness (QED) is 0.714. The molecule has 3 atom stereocenters. The molecule has 2 aromatic rings. The van der Waals surface area contributed by atoms with Crippen molar-refractivity contribution in [1.82, 2.24) is 14.6 Å². The molecule has 1 aliphatic rings. The first kappa shape index (κ1) is 20.0. The van der Waals surface area contributed by atoms with E-state index in [1.165, 1.54) is 6.92 Å². The molecule has 0 aliphatic carbocycles. The second-order valence-corrected chi connectivity index (χ2v) is 8.20. The van der Waals surface area contributed by atoms with Crippen LogP contribution in [0.15, 0.2) is 16.7 Å². The van der Waals surface area contributed by atoms with E-state index in [1.807, 2.05) is 13.0 Å². The number of esters is 1. The van der Waals surface area contributed by atoms with Crippen LogP contribution in [-0.2, 0) is 14.3 Å². The number of carbonyl (C=O) groups excluding carboxylic acids is 1. The number of carbonyl (C=O) groups is 1. The number of anilines is 1. The zero-order valence-electron chi connectivity index (χ0n) is 15.8.